The number of fused-ring (bicyclic) bond motifs is 1. The van der Waals surface area contributed by atoms with E-state index in [4.69, 9.17) is 4.74 Å². The molecular formula is C16H25N3O. The lowest BCUT2D eigenvalue weighted by Crippen LogP contribution is -2.29. The SMILES string of the molecule is CN1CCCC(OC2=CC=C3NNC=C3C2(C)C)CC1. The number of rotatable bonds is 2. The highest BCUT2D eigenvalue weighted by atomic mass is 16.5. The summed E-state index contributed by atoms with van der Waals surface area (Å²) in [6.07, 6.45) is 10.1. The number of allylic oxidation sites excluding steroid dienone is 4. The third kappa shape index (κ3) is 2.44. The van der Waals surface area contributed by atoms with Crippen molar-refractivity contribution in [3.8, 4) is 0 Å². The molecule has 3 aliphatic rings. The van der Waals surface area contributed by atoms with Crippen LogP contribution in [0.3, 0.4) is 0 Å². The highest BCUT2D eigenvalue weighted by Gasteiger charge is 2.37. The topological polar surface area (TPSA) is 36.5 Å². The molecule has 0 radical (unpaired) electrons. The molecule has 4 heteroatoms. The second-order valence-electron chi connectivity index (χ2n) is 6.54. The second kappa shape index (κ2) is 5.17. The zero-order valence-electron chi connectivity index (χ0n) is 12.7. The maximum Gasteiger partial charge on any atom is 0.107 e. The molecule has 1 saturated heterocycles. The first-order chi connectivity index (χ1) is 9.57. The third-order valence-corrected chi connectivity index (χ3v) is 4.60. The van der Waals surface area contributed by atoms with Gasteiger partial charge < -0.3 is 20.5 Å². The minimum Gasteiger partial charge on any atom is -0.494 e. The number of hydrazine groups is 1. The summed E-state index contributed by atoms with van der Waals surface area (Å²) >= 11 is 0. The van der Waals surface area contributed by atoms with Gasteiger partial charge in [0.1, 0.15) is 5.76 Å². The van der Waals surface area contributed by atoms with Crippen LogP contribution in [-0.2, 0) is 4.74 Å². The Balaban J connectivity index is 1.74. The van der Waals surface area contributed by atoms with Gasteiger partial charge in [0.25, 0.3) is 0 Å². The lowest BCUT2D eigenvalue weighted by atomic mass is 9.78. The molecule has 0 spiro atoms. The van der Waals surface area contributed by atoms with E-state index in [0.29, 0.717) is 6.10 Å². The fourth-order valence-corrected chi connectivity index (χ4v) is 3.17. The summed E-state index contributed by atoms with van der Waals surface area (Å²) in [5.41, 5.74) is 8.61. The molecule has 3 rings (SSSR count). The molecule has 1 atom stereocenters. The molecule has 1 aliphatic carbocycles. The average molecular weight is 275 g/mol. The normalized spacial score (nSPS) is 29.1. The van der Waals surface area contributed by atoms with E-state index >= 15 is 0 Å². The minimum atomic E-state index is -0.0706. The van der Waals surface area contributed by atoms with Crippen LogP contribution < -0.4 is 10.9 Å². The van der Waals surface area contributed by atoms with Gasteiger partial charge in [-0.3, -0.25) is 0 Å². The number of hydrogen-bond donors (Lipinski definition) is 2. The van der Waals surface area contributed by atoms with Gasteiger partial charge in [0.15, 0.2) is 0 Å². The summed E-state index contributed by atoms with van der Waals surface area (Å²) in [6, 6.07) is 0. The van der Waals surface area contributed by atoms with Crippen LogP contribution >= 0.6 is 0 Å². The largest absolute Gasteiger partial charge is 0.494 e. The van der Waals surface area contributed by atoms with Gasteiger partial charge in [0.2, 0.25) is 0 Å². The first kappa shape index (κ1) is 13.6. The molecule has 0 aromatic carbocycles. The average Bonchev–Trinajstić information content (AvgIpc) is 2.80. The molecule has 0 aromatic heterocycles. The summed E-state index contributed by atoms with van der Waals surface area (Å²) in [7, 11) is 2.20. The Kier molecular flexibility index (Phi) is 3.50. The van der Waals surface area contributed by atoms with Gasteiger partial charge >= 0.3 is 0 Å². The van der Waals surface area contributed by atoms with Crippen LogP contribution in [0.2, 0.25) is 0 Å². The molecule has 4 nitrogen and oxygen atoms in total. The monoisotopic (exact) mass is 275 g/mol. The van der Waals surface area contributed by atoms with Gasteiger partial charge in [-0.1, -0.05) is 0 Å². The molecule has 2 aliphatic heterocycles. The summed E-state index contributed by atoms with van der Waals surface area (Å²) in [4.78, 5) is 2.40. The minimum absolute atomic E-state index is 0.0706. The van der Waals surface area contributed by atoms with Gasteiger partial charge in [-0.05, 0) is 58.9 Å². The van der Waals surface area contributed by atoms with E-state index < -0.39 is 0 Å². The van der Waals surface area contributed by atoms with Crippen molar-refractivity contribution in [2.45, 2.75) is 39.2 Å². The first-order valence-corrected chi connectivity index (χ1v) is 7.57. The van der Waals surface area contributed by atoms with Gasteiger partial charge in [-0.15, -0.1) is 0 Å². The van der Waals surface area contributed by atoms with E-state index in [1.807, 2.05) is 6.20 Å². The standard InChI is InChI=1S/C16H25N3O/c1-16(2)13-11-17-18-14(13)6-7-15(16)20-12-5-4-9-19(3)10-8-12/h6-7,11-12,17-18H,4-5,8-10H2,1-3H3. The second-order valence-corrected chi connectivity index (χ2v) is 6.54. The Morgan fingerprint density at radius 2 is 2.10 bits per heavy atom. The Labute approximate surface area is 121 Å². The van der Waals surface area contributed by atoms with Crippen molar-refractivity contribution in [3.05, 3.63) is 35.4 Å². The number of nitrogens with one attached hydrogen (secondary N) is 2. The Morgan fingerprint density at radius 1 is 1.25 bits per heavy atom. The van der Waals surface area contributed by atoms with Crippen LogP contribution in [0.1, 0.15) is 33.1 Å². The van der Waals surface area contributed by atoms with E-state index in [1.54, 1.807) is 0 Å². The maximum atomic E-state index is 6.38. The van der Waals surface area contributed by atoms with E-state index in [-0.39, 0.29) is 5.41 Å². The van der Waals surface area contributed by atoms with Crippen LogP contribution in [-0.4, -0.2) is 31.1 Å². The summed E-state index contributed by atoms with van der Waals surface area (Å²) in [5.74, 6) is 1.09. The first-order valence-electron chi connectivity index (χ1n) is 7.57. The highest BCUT2D eigenvalue weighted by molar-refractivity contribution is 5.47. The lowest BCUT2D eigenvalue weighted by molar-refractivity contribution is 0.0700. The molecule has 0 bridgehead atoms. The predicted molar refractivity (Wildman–Crippen MR) is 80.5 cm³/mol. The van der Waals surface area contributed by atoms with Crippen molar-refractivity contribution in [3.63, 3.8) is 0 Å². The van der Waals surface area contributed by atoms with Gasteiger partial charge in [0.05, 0.1) is 17.2 Å². The van der Waals surface area contributed by atoms with Crippen LogP contribution in [0.4, 0.5) is 0 Å². The van der Waals surface area contributed by atoms with Crippen LogP contribution in [0, 0.1) is 5.41 Å². The van der Waals surface area contributed by atoms with Gasteiger partial charge in [-0.2, -0.15) is 0 Å². The quantitative estimate of drug-likeness (QED) is 0.811. The zero-order valence-corrected chi connectivity index (χ0v) is 12.7. The smallest absolute Gasteiger partial charge is 0.107 e. The molecule has 0 amide bonds. The highest BCUT2D eigenvalue weighted by Crippen LogP contribution is 2.43. The number of ether oxygens (including phenoxy) is 1. The zero-order chi connectivity index (χ0) is 14.2. The maximum absolute atomic E-state index is 6.38. The van der Waals surface area contributed by atoms with Crippen molar-refractivity contribution in [1.29, 1.82) is 0 Å². The molecule has 2 heterocycles. The summed E-state index contributed by atoms with van der Waals surface area (Å²) in [6.45, 7) is 6.78. The lowest BCUT2D eigenvalue weighted by Gasteiger charge is -2.34. The van der Waals surface area contributed by atoms with Crippen molar-refractivity contribution in [2.24, 2.45) is 5.41 Å². The number of hydrogen-bond acceptors (Lipinski definition) is 4. The Morgan fingerprint density at radius 3 is 2.95 bits per heavy atom. The molecule has 0 saturated carbocycles. The Bertz CT molecular complexity index is 476. The van der Waals surface area contributed by atoms with E-state index in [9.17, 15) is 0 Å². The van der Waals surface area contributed by atoms with Crippen LogP contribution in [0.25, 0.3) is 0 Å². The fraction of sp³-hybridized carbons (Fsp3) is 0.625. The van der Waals surface area contributed by atoms with Crippen molar-refractivity contribution in [1.82, 2.24) is 15.8 Å². The van der Waals surface area contributed by atoms with Crippen molar-refractivity contribution >= 4 is 0 Å². The van der Waals surface area contributed by atoms with Crippen LogP contribution in [0.15, 0.2) is 35.4 Å². The van der Waals surface area contributed by atoms with E-state index in [1.165, 1.54) is 18.5 Å². The molecule has 1 unspecified atom stereocenters. The molecule has 2 N–H and O–H groups in total. The van der Waals surface area contributed by atoms with Crippen LogP contribution in [0.5, 0.6) is 0 Å². The van der Waals surface area contributed by atoms with E-state index in [0.717, 1.165) is 30.8 Å². The third-order valence-electron chi connectivity index (χ3n) is 4.60. The number of likely N-dealkylation sites (tertiary alicyclic amines) is 1. The van der Waals surface area contributed by atoms with Crippen molar-refractivity contribution < 1.29 is 4.74 Å². The molecule has 20 heavy (non-hydrogen) atoms. The Hall–Kier alpha value is -1.42. The molecule has 0 aromatic rings. The molecular weight excluding hydrogens is 250 g/mol. The molecule has 1 fully saturated rings. The molecule has 110 valence electrons. The van der Waals surface area contributed by atoms with Gasteiger partial charge in [-0.25, -0.2) is 0 Å². The predicted octanol–water partition coefficient (Wildman–Crippen LogP) is 2.29. The van der Waals surface area contributed by atoms with Crippen molar-refractivity contribution in [2.75, 3.05) is 20.1 Å². The summed E-state index contributed by atoms with van der Waals surface area (Å²) < 4.78 is 6.38. The fourth-order valence-electron chi connectivity index (χ4n) is 3.17. The summed E-state index contributed by atoms with van der Waals surface area (Å²) in [5, 5.41) is 0. The van der Waals surface area contributed by atoms with Gasteiger partial charge in [0, 0.05) is 18.3 Å². The number of nitrogens with zero attached hydrogens (tertiary/aromatic N) is 1. The van der Waals surface area contributed by atoms with E-state index in [2.05, 4.69) is 48.8 Å².